The van der Waals surface area contributed by atoms with E-state index >= 15 is 0 Å². The molecule has 0 bridgehead atoms. The van der Waals surface area contributed by atoms with E-state index in [1.54, 1.807) is 6.07 Å². The Balaban J connectivity index is 2.10. The van der Waals surface area contributed by atoms with Gasteiger partial charge in [-0.05, 0) is 42.9 Å². The Kier molecular flexibility index (Phi) is 4.64. The maximum absolute atomic E-state index is 13.9. The first-order valence-corrected chi connectivity index (χ1v) is 7.62. The van der Waals surface area contributed by atoms with Gasteiger partial charge in [-0.15, -0.1) is 0 Å². The third-order valence-corrected chi connectivity index (χ3v) is 4.47. The molecule has 1 aromatic carbocycles. The normalized spacial score (nSPS) is 23.5. The highest BCUT2D eigenvalue weighted by atomic mass is 79.9. The molecule has 1 aromatic rings. The summed E-state index contributed by atoms with van der Waals surface area (Å²) in [6, 6.07) is 5.34. The number of nitrogens with one attached hydrogen (secondary N) is 1. The first-order valence-electron chi connectivity index (χ1n) is 6.82. The van der Waals surface area contributed by atoms with E-state index in [1.165, 1.54) is 12.5 Å². The van der Waals surface area contributed by atoms with Crippen LogP contribution in [0.4, 0.5) is 4.39 Å². The molecule has 1 aliphatic rings. The molecule has 1 saturated carbocycles. The van der Waals surface area contributed by atoms with Gasteiger partial charge in [-0.2, -0.15) is 0 Å². The molecule has 0 spiro atoms. The van der Waals surface area contributed by atoms with Crippen LogP contribution in [0.3, 0.4) is 0 Å². The number of benzene rings is 1. The fraction of sp³-hybridized carbons (Fsp3) is 0.600. The fourth-order valence-electron chi connectivity index (χ4n) is 2.93. The van der Waals surface area contributed by atoms with Gasteiger partial charge in [-0.3, -0.25) is 0 Å². The van der Waals surface area contributed by atoms with E-state index in [0.29, 0.717) is 23.6 Å². The molecule has 3 N–H and O–H groups in total. The minimum Gasteiger partial charge on any atom is -0.329 e. The van der Waals surface area contributed by atoms with Gasteiger partial charge in [0.25, 0.3) is 0 Å². The van der Waals surface area contributed by atoms with Crippen molar-refractivity contribution in [2.24, 2.45) is 11.1 Å². The summed E-state index contributed by atoms with van der Waals surface area (Å²) in [6.07, 6.45) is 3.47. The highest BCUT2D eigenvalue weighted by Crippen LogP contribution is 2.38. The summed E-state index contributed by atoms with van der Waals surface area (Å²) >= 11 is 3.39. The zero-order valence-corrected chi connectivity index (χ0v) is 13.1. The van der Waals surface area contributed by atoms with Crippen molar-refractivity contribution in [2.75, 3.05) is 6.54 Å². The average molecular weight is 329 g/mol. The second-order valence-corrected chi connectivity index (χ2v) is 7.14. The van der Waals surface area contributed by atoms with Gasteiger partial charge in [0.15, 0.2) is 0 Å². The molecule has 2 unspecified atom stereocenters. The second-order valence-electron chi connectivity index (χ2n) is 6.22. The lowest BCUT2D eigenvalue weighted by Gasteiger charge is -2.24. The molecule has 2 nitrogen and oxygen atoms in total. The highest BCUT2D eigenvalue weighted by molar-refractivity contribution is 9.10. The Morgan fingerprint density at radius 1 is 1.53 bits per heavy atom. The van der Waals surface area contributed by atoms with Crippen LogP contribution in [0.25, 0.3) is 0 Å². The number of halogens is 2. The van der Waals surface area contributed by atoms with Crippen molar-refractivity contribution in [2.45, 2.75) is 45.2 Å². The fourth-order valence-corrected chi connectivity index (χ4v) is 3.31. The molecule has 2 atom stereocenters. The molecule has 0 aromatic heterocycles. The molecule has 0 aliphatic heterocycles. The van der Waals surface area contributed by atoms with Crippen LogP contribution in [-0.4, -0.2) is 12.6 Å². The van der Waals surface area contributed by atoms with Crippen LogP contribution in [0.2, 0.25) is 0 Å². The Morgan fingerprint density at radius 3 is 2.84 bits per heavy atom. The average Bonchev–Trinajstić information content (AvgIpc) is 2.69. The van der Waals surface area contributed by atoms with Gasteiger partial charge in [0.1, 0.15) is 5.82 Å². The number of hydrogen-bond acceptors (Lipinski definition) is 2. The van der Waals surface area contributed by atoms with Gasteiger partial charge in [0.05, 0.1) is 0 Å². The van der Waals surface area contributed by atoms with E-state index in [9.17, 15) is 4.39 Å². The van der Waals surface area contributed by atoms with Crippen LogP contribution < -0.4 is 11.1 Å². The van der Waals surface area contributed by atoms with Gasteiger partial charge in [0, 0.05) is 28.7 Å². The minimum absolute atomic E-state index is 0.114. The third-order valence-electron chi connectivity index (χ3n) is 3.97. The lowest BCUT2D eigenvalue weighted by atomic mass is 9.91. The van der Waals surface area contributed by atoms with Crippen molar-refractivity contribution in [3.63, 3.8) is 0 Å². The number of rotatable bonds is 4. The summed E-state index contributed by atoms with van der Waals surface area (Å²) in [5.41, 5.74) is 6.86. The lowest BCUT2D eigenvalue weighted by Crippen LogP contribution is -2.36. The summed E-state index contributed by atoms with van der Waals surface area (Å²) in [5, 5.41) is 3.52. The Bertz CT molecular complexity index is 448. The summed E-state index contributed by atoms with van der Waals surface area (Å²) in [6.45, 7) is 4.97. The van der Waals surface area contributed by atoms with E-state index in [-0.39, 0.29) is 11.9 Å². The van der Waals surface area contributed by atoms with Crippen molar-refractivity contribution in [1.29, 1.82) is 0 Å². The molecule has 2 rings (SSSR count). The zero-order chi connectivity index (χ0) is 14.0. The van der Waals surface area contributed by atoms with Crippen molar-refractivity contribution < 1.29 is 4.39 Å². The molecular weight excluding hydrogens is 307 g/mol. The molecule has 19 heavy (non-hydrogen) atoms. The minimum atomic E-state index is -0.191. The molecular formula is C15H22BrFN2. The van der Waals surface area contributed by atoms with E-state index in [4.69, 9.17) is 5.73 Å². The maximum atomic E-state index is 13.9. The second kappa shape index (κ2) is 5.90. The molecule has 0 heterocycles. The summed E-state index contributed by atoms with van der Waals surface area (Å²) < 4.78 is 14.8. The smallest absolute Gasteiger partial charge is 0.128 e. The van der Waals surface area contributed by atoms with Crippen LogP contribution in [-0.2, 0) is 0 Å². The van der Waals surface area contributed by atoms with Gasteiger partial charge in [0.2, 0.25) is 0 Å². The largest absolute Gasteiger partial charge is 0.329 e. The third kappa shape index (κ3) is 3.77. The van der Waals surface area contributed by atoms with Crippen molar-refractivity contribution in [3.05, 3.63) is 34.1 Å². The molecule has 0 amide bonds. The molecule has 1 fully saturated rings. The van der Waals surface area contributed by atoms with Gasteiger partial charge >= 0.3 is 0 Å². The molecule has 0 radical (unpaired) electrons. The number of hydrogen-bond donors (Lipinski definition) is 2. The monoisotopic (exact) mass is 328 g/mol. The Morgan fingerprint density at radius 2 is 2.26 bits per heavy atom. The SMILES string of the molecule is CC1(C)CCC(NC(CN)c2cc(Br)ccc2F)C1. The predicted molar refractivity (Wildman–Crippen MR) is 80.5 cm³/mol. The van der Waals surface area contributed by atoms with Crippen LogP contribution >= 0.6 is 15.9 Å². The van der Waals surface area contributed by atoms with Gasteiger partial charge in [-0.1, -0.05) is 29.8 Å². The summed E-state index contributed by atoms with van der Waals surface area (Å²) in [7, 11) is 0. The quantitative estimate of drug-likeness (QED) is 0.883. The van der Waals surface area contributed by atoms with Crippen molar-refractivity contribution in [3.8, 4) is 0 Å². The van der Waals surface area contributed by atoms with Crippen molar-refractivity contribution >= 4 is 15.9 Å². The predicted octanol–water partition coefficient (Wildman–Crippen LogP) is 3.76. The first-order chi connectivity index (χ1) is 8.91. The topological polar surface area (TPSA) is 38.0 Å². The van der Waals surface area contributed by atoms with Crippen LogP contribution in [0.15, 0.2) is 22.7 Å². The Hall–Kier alpha value is -0.450. The lowest BCUT2D eigenvalue weighted by molar-refractivity contribution is 0.351. The van der Waals surface area contributed by atoms with E-state index in [0.717, 1.165) is 17.3 Å². The molecule has 1 aliphatic carbocycles. The molecule has 4 heteroatoms. The van der Waals surface area contributed by atoms with E-state index in [2.05, 4.69) is 35.1 Å². The van der Waals surface area contributed by atoms with Crippen LogP contribution in [0.5, 0.6) is 0 Å². The summed E-state index contributed by atoms with van der Waals surface area (Å²) in [5.74, 6) is -0.191. The van der Waals surface area contributed by atoms with Gasteiger partial charge < -0.3 is 11.1 Å². The van der Waals surface area contributed by atoms with Crippen molar-refractivity contribution in [1.82, 2.24) is 5.32 Å². The van der Waals surface area contributed by atoms with E-state index < -0.39 is 0 Å². The highest BCUT2D eigenvalue weighted by Gasteiger charge is 2.32. The Labute approximate surface area is 123 Å². The first kappa shape index (κ1) is 14.9. The van der Waals surface area contributed by atoms with Crippen LogP contribution in [0, 0.1) is 11.2 Å². The molecule has 0 saturated heterocycles. The van der Waals surface area contributed by atoms with E-state index in [1.807, 2.05) is 6.07 Å². The standard InChI is InChI=1S/C15H22BrFN2/c1-15(2)6-5-11(8-15)19-14(9-18)12-7-10(16)3-4-13(12)17/h3-4,7,11,14,19H,5-6,8-9,18H2,1-2H3. The van der Waals surface area contributed by atoms with Gasteiger partial charge in [-0.25, -0.2) is 4.39 Å². The zero-order valence-electron chi connectivity index (χ0n) is 11.5. The van der Waals surface area contributed by atoms with Crippen LogP contribution in [0.1, 0.15) is 44.7 Å². The number of nitrogens with two attached hydrogens (primary N) is 1. The maximum Gasteiger partial charge on any atom is 0.128 e. The molecule has 106 valence electrons. The summed E-state index contributed by atoms with van der Waals surface area (Å²) in [4.78, 5) is 0.